The van der Waals surface area contributed by atoms with Crippen LogP contribution < -0.4 is 15.9 Å². The zero-order valence-corrected chi connectivity index (χ0v) is 12.2. The Hall–Kier alpha value is -2.60. The van der Waals surface area contributed by atoms with E-state index < -0.39 is 11.8 Å². The highest BCUT2D eigenvalue weighted by atomic mass is 35.5. The number of nitrogens with two attached hydrogens (primary N) is 1. The molecule has 0 unspecified atom stereocenters. The quantitative estimate of drug-likeness (QED) is 0.656. The lowest BCUT2D eigenvalue weighted by atomic mass is 10.2. The van der Waals surface area contributed by atoms with Gasteiger partial charge in [0.15, 0.2) is 11.6 Å². The Balaban J connectivity index is 2.02. The summed E-state index contributed by atoms with van der Waals surface area (Å²) in [4.78, 5) is 10.5. The highest BCUT2D eigenvalue weighted by Crippen LogP contribution is 2.21. The molecule has 5 nitrogen and oxygen atoms in total. The number of halogens is 2. The van der Waals surface area contributed by atoms with Gasteiger partial charge >= 0.3 is 6.03 Å². The Bertz CT molecular complexity index is 707. The van der Waals surface area contributed by atoms with Gasteiger partial charge in [0.25, 0.3) is 0 Å². The molecule has 0 radical (unpaired) electrons. The second-order valence-electron chi connectivity index (χ2n) is 4.30. The monoisotopic (exact) mass is 321 g/mol. The fourth-order valence-corrected chi connectivity index (χ4v) is 1.85. The average Bonchev–Trinajstić information content (AvgIpc) is 2.47. The summed E-state index contributed by atoms with van der Waals surface area (Å²) in [6.45, 7) is 0.160. The van der Waals surface area contributed by atoms with Gasteiger partial charge in [0.2, 0.25) is 0 Å². The minimum atomic E-state index is -0.795. The summed E-state index contributed by atoms with van der Waals surface area (Å²) < 4.78 is 19.3. The number of carbonyl (C=O) groups excluding carboxylic acids is 1. The van der Waals surface area contributed by atoms with Crippen LogP contribution in [-0.2, 0) is 6.61 Å². The van der Waals surface area contributed by atoms with Crippen molar-refractivity contribution in [3.63, 3.8) is 0 Å². The summed E-state index contributed by atoms with van der Waals surface area (Å²) in [6, 6.07) is 10.7. The van der Waals surface area contributed by atoms with E-state index in [0.717, 1.165) is 5.56 Å². The fraction of sp³-hybridized carbons (Fsp3) is 0.0667. The van der Waals surface area contributed by atoms with Crippen molar-refractivity contribution in [2.24, 2.45) is 10.8 Å². The van der Waals surface area contributed by atoms with E-state index in [-0.39, 0.29) is 12.4 Å². The van der Waals surface area contributed by atoms with Crippen molar-refractivity contribution in [3.05, 3.63) is 64.4 Å². The first-order valence-corrected chi connectivity index (χ1v) is 6.68. The van der Waals surface area contributed by atoms with E-state index in [4.69, 9.17) is 22.1 Å². The lowest BCUT2D eigenvalue weighted by molar-refractivity contribution is 0.249. The van der Waals surface area contributed by atoms with Crippen molar-refractivity contribution >= 4 is 23.8 Å². The van der Waals surface area contributed by atoms with Crippen LogP contribution in [0.1, 0.15) is 11.1 Å². The molecule has 2 rings (SSSR count). The SMILES string of the molecule is NC(=O)NN=Cc1ccc(OCc2ccccc2Cl)c(F)c1. The molecule has 2 aromatic rings. The predicted molar refractivity (Wildman–Crippen MR) is 82.5 cm³/mol. The van der Waals surface area contributed by atoms with E-state index in [9.17, 15) is 9.18 Å². The normalized spacial score (nSPS) is 10.6. The van der Waals surface area contributed by atoms with E-state index >= 15 is 0 Å². The summed E-state index contributed by atoms with van der Waals surface area (Å²) in [5.74, 6) is -0.449. The van der Waals surface area contributed by atoms with Gasteiger partial charge in [0.05, 0.1) is 6.21 Å². The number of rotatable bonds is 5. The van der Waals surface area contributed by atoms with Crippen LogP contribution in [0.2, 0.25) is 5.02 Å². The molecule has 0 saturated heterocycles. The number of hydrogen-bond acceptors (Lipinski definition) is 3. The average molecular weight is 322 g/mol. The van der Waals surface area contributed by atoms with Gasteiger partial charge in [-0.1, -0.05) is 29.8 Å². The number of urea groups is 1. The van der Waals surface area contributed by atoms with Crippen LogP contribution in [0.4, 0.5) is 9.18 Å². The molecule has 2 amide bonds. The number of hydrogen-bond donors (Lipinski definition) is 2. The summed E-state index contributed by atoms with van der Waals surface area (Å²) in [6.07, 6.45) is 1.27. The molecule has 0 fully saturated rings. The number of ether oxygens (including phenoxy) is 1. The van der Waals surface area contributed by atoms with Crippen molar-refractivity contribution in [1.82, 2.24) is 5.43 Å². The maximum absolute atomic E-state index is 13.9. The first-order valence-electron chi connectivity index (χ1n) is 6.30. The molecule has 0 heterocycles. The molecular weight excluding hydrogens is 309 g/mol. The zero-order chi connectivity index (χ0) is 15.9. The molecule has 2 aromatic carbocycles. The Labute approximate surface area is 131 Å². The van der Waals surface area contributed by atoms with E-state index in [1.54, 1.807) is 24.3 Å². The van der Waals surface area contributed by atoms with E-state index in [2.05, 4.69) is 5.10 Å². The Morgan fingerprint density at radius 1 is 1.36 bits per heavy atom. The Morgan fingerprint density at radius 3 is 2.82 bits per heavy atom. The number of benzene rings is 2. The van der Waals surface area contributed by atoms with Crippen LogP contribution in [0.15, 0.2) is 47.6 Å². The van der Waals surface area contributed by atoms with Gasteiger partial charge in [-0.15, -0.1) is 0 Å². The van der Waals surface area contributed by atoms with E-state index in [1.807, 2.05) is 11.5 Å². The number of nitrogens with one attached hydrogen (secondary N) is 1. The van der Waals surface area contributed by atoms with Crippen molar-refractivity contribution < 1.29 is 13.9 Å². The van der Waals surface area contributed by atoms with Crippen molar-refractivity contribution in [1.29, 1.82) is 0 Å². The Morgan fingerprint density at radius 2 is 2.14 bits per heavy atom. The van der Waals surface area contributed by atoms with E-state index in [1.165, 1.54) is 18.3 Å². The molecule has 22 heavy (non-hydrogen) atoms. The second kappa shape index (κ2) is 7.42. The molecule has 0 aliphatic rings. The second-order valence-corrected chi connectivity index (χ2v) is 4.71. The maximum Gasteiger partial charge on any atom is 0.332 e. The largest absolute Gasteiger partial charge is 0.486 e. The molecule has 0 aliphatic heterocycles. The fourth-order valence-electron chi connectivity index (χ4n) is 1.66. The van der Waals surface area contributed by atoms with Crippen LogP contribution >= 0.6 is 11.6 Å². The number of primary amides is 1. The highest BCUT2D eigenvalue weighted by molar-refractivity contribution is 6.31. The van der Waals surface area contributed by atoms with Crippen molar-refractivity contribution in [2.75, 3.05) is 0 Å². The van der Waals surface area contributed by atoms with Crippen LogP contribution in [0.5, 0.6) is 5.75 Å². The van der Waals surface area contributed by atoms with Crippen LogP contribution in [0.3, 0.4) is 0 Å². The number of nitrogens with zero attached hydrogens (tertiary/aromatic N) is 1. The lowest BCUT2D eigenvalue weighted by Crippen LogP contribution is -2.24. The first-order chi connectivity index (χ1) is 10.6. The van der Waals surface area contributed by atoms with Gasteiger partial charge < -0.3 is 10.5 Å². The molecule has 7 heteroatoms. The molecule has 114 valence electrons. The van der Waals surface area contributed by atoms with Gasteiger partial charge in [0.1, 0.15) is 6.61 Å². The molecule has 0 atom stereocenters. The maximum atomic E-state index is 13.9. The standard InChI is InChI=1S/C15H13ClFN3O2/c16-12-4-2-1-3-11(12)9-22-14-6-5-10(7-13(14)17)8-19-20-15(18)21/h1-8H,9H2,(H3,18,20,21). The summed E-state index contributed by atoms with van der Waals surface area (Å²) in [7, 11) is 0. The van der Waals surface area contributed by atoms with E-state index in [0.29, 0.717) is 10.6 Å². The molecule has 0 aromatic heterocycles. The lowest BCUT2D eigenvalue weighted by Gasteiger charge is -2.09. The number of carbonyl (C=O) groups is 1. The summed E-state index contributed by atoms with van der Waals surface area (Å²) in [5.41, 5.74) is 8.09. The minimum Gasteiger partial charge on any atom is -0.486 e. The van der Waals surface area contributed by atoms with Crippen LogP contribution in [-0.4, -0.2) is 12.2 Å². The molecule has 0 spiro atoms. The van der Waals surface area contributed by atoms with Gasteiger partial charge in [-0.3, -0.25) is 0 Å². The highest BCUT2D eigenvalue weighted by Gasteiger charge is 2.06. The molecule has 0 saturated carbocycles. The first kappa shape index (κ1) is 15.8. The summed E-state index contributed by atoms with van der Waals surface area (Å²) in [5, 5.41) is 4.10. The van der Waals surface area contributed by atoms with Crippen LogP contribution in [0, 0.1) is 5.82 Å². The predicted octanol–water partition coefficient (Wildman–Crippen LogP) is 3.06. The topological polar surface area (TPSA) is 76.7 Å². The molecule has 0 bridgehead atoms. The molecule has 0 aliphatic carbocycles. The Kier molecular flexibility index (Phi) is 5.32. The minimum absolute atomic E-state index is 0.0972. The van der Waals surface area contributed by atoms with Crippen molar-refractivity contribution in [3.8, 4) is 5.75 Å². The van der Waals surface area contributed by atoms with Gasteiger partial charge in [-0.25, -0.2) is 14.6 Å². The smallest absolute Gasteiger partial charge is 0.332 e. The van der Waals surface area contributed by atoms with Gasteiger partial charge in [-0.05, 0) is 29.8 Å². The molecule has 3 N–H and O–H groups in total. The van der Waals surface area contributed by atoms with Gasteiger partial charge in [-0.2, -0.15) is 5.10 Å². The van der Waals surface area contributed by atoms with Gasteiger partial charge in [0, 0.05) is 10.6 Å². The van der Waals surface area contributed by atoms with Crippen molar-refractivity contribution in [2.45, 2.75) is 6.61 Å². The third-order valence-electron chi connectivity index (χ3n) is 2.69. The zero-order valence-electron chi connectivity index (χ0n) is 11.4. The number of hydrazone groups is 1. The molecular formula is C15H13ClFN3O2. The van der Waals surface area contributed by atoms with Crippen LogP contribution in [0.25, 0.3) is 0 Å². The third-order valence-corrected chi connectivity index (χ3v) is 3.05. The summed E-state index contributed by atoms with van der Waals surface area (Å²) >= 11 is 6.00. The third kappa shape index (κ3) is 4.46. The number of amides is 2.